The molecule has 0 fully saturated rings. The van der Waals surface area contributed by atoms with E-state index in [0.29, 0.717) is 0 Å². The van der Waals surface area contributed by atoms with E-state index in [4.69, 9.17) is 11.6 Å². The largest absolute Gasteiger partial charge is 0.113 e. The molecule has 106 valence electrons. The van der Waals surface area contributed by atoms with Crippen molar-refractivity contribution in [2.75, 3.05) is 0 Å². The van der Waals surface area contributed by atoms with Crippen molar-refractivity contribution in [3.63, 3.8) is 0 Å². The highest BCUT2D eigenvalue weighted by atomic mass is 35.5. The summed E-state index contributed by atoms with van der Waals surface area (Å²) in [5, 5.41) is -0.0595. The van der Waals surface area contributed by atoms with Crippen LogP contribution in [0, 0.1) is 13.8 Å². The van der Waals surface area contributed by atoms with E-state index in [1.165, 1.54) is 33.4 Å². The number of benzene rings is 2. The van der Waals surface area contributed by atoms with Gasteiger partial charge < -0.3 is 0 Å². The Morgan fingerprint density at radius 2 is 1.65 bits per heavy atom. The lowest BCUT2D eigenvalue weighted by molar-refractivity contribution is 1.01. The molecule has 0 aliphatic rings. The van der Waals surface area contributed by atoms with E-state index in [1.54, 1.807) is 0 Å². The average Bonchev–Trinajstić information content (AvgIpc) is 2.48. The summed E-state index contributed by atoms with van der Waals surface area (Å²) in [4.78, 5) is 0. The minimum Gasteiger partial charge on any atom is -0.113 e. The van der Waals surface area contributed by atoms with Gasteiger partial charge in [-0.05, 0) is 60.1 Å². The van der Waals surface area contributed by atoms with E-state index in [-0.39, 0.29) is 5.38 Å². The van der Waals surface area contributed by atoms with Crippen LogP contribution in [-0.2, 0) is 12.8 Å². The molecule has 0 radical (unpaired) electrons. The van der Waals surface area contributed by atoms with Crippen LogP contribution in [0.3, 0.4) is 0 Å². The Bertz CT molecular complexity index is 599. The van der Waals surface area contributed by atoms with Crippen LogP contribution in [0.5, 0.6) is 0 Å². The molecule has 0 aliphatic heterocycles. The molecule has 2 aromatic rings. The first kappa shape index (κ1) is 15.1. The molecule has 0 aromatic heterocycles. The second-order valence-corrected chi connectivity index (χ2v) is 5.88. The lowest BCUT2D eigenvalue weighted by atomic mass is 9.93. The maximum atomic E-state index is 6.77. The quantitative estimate of drug-likeness (QED) is 0.627. The fraction of sp³-hybridized carbons (Fsp3) is 0.368. The van der Waals surface area contributed by atoms with Crippen LogP contribution in [0.15, 0.2) is 36.4 Å². The molecule has 0 bridgehead atoms. The molecule has 0 N–H and O–H groups in total. The molecule has 0 nitrogen and oxygen atoms in total. The van der Waals surface area contributed by atoms with Gasteiger partial charge in [0, 0.05) is 0 Å². The second kappa shape index (κ2) is 6.45. The third-order valence-corrected chi connectivity index (χ3v) is 4.58. The van der Waals surface area contributed by atoms with Crippen molar-refractivity contribution in [2.24, 2.45) is 0 Å². The van der Waals surface area contributed by atoms with Gasteiger partial charge in [0.2, 0.25) is 0 Å². The SMILES string of the molecule is CCc1ccc(CC)c(C(Cl)c2ccc(C)c(C)c2)c1. The van der Waals surface area contributed by atoms with Crippen LogP contribution >= 0.6 is 11.6 Å². The number of hydrogen-bond donors (Lipinski definition) is 0. The normalized spacial score (nSPS) is 12.4. The molecule has 0 aliphatic carbocycles. The fourth-order valence-electron chi connectivity index (χ4n) is 2.52. The van der Waals surface area contributed by atoms with Gasteiger partial charge in [-0.1, -0.05) is 50.2 Å². The van der Waals surface area contributed by atoms with Gasteiger partial charge in [-0.3, -0.25) is 0 Å². The number of aryl methyl sites for hydroxylation is 4. The van der Waals surface area contributed by atoms with Gasteiger partial charge in [0.25, 0.3) is 0 Å². The van der Waals surface area contributed by atoms with Gasteiger partial charge in [-0.15, -0.1) is 11.6 Å². The Morgan fingerprint density at radius 1 is 0.900 bits per heavy atom. The van der Waals surface area contributed by atoms with E-state index in [2.05, 4.69) is 64.1 Å². The highest BCUT2D eigenvalue weighted by molar-refractivity contribution is 6.22. The Morgan fingerprint density at radius 3 is 2.25 bits per heavy atom. The fourth-order valence-corrected chi connectivity index (χ4v) is 2.86. The van der Waals surface area contributed by atoms with Crippen LogP contribution in [0.2, 0.25) is 0 Å². The first-order valence-electron chi connectivity index (χ1n) is 7.39. The van der Waals surface area contributed by atoms with Crippen molar-refractivity contribution >= 4 is 11.6 Å². The average molecular weight is 287 g/mol. The molecule has 2 aromatic carbocycles. The summed E-state index contributed by atoms with van der Waals surface area (Å²) in [7, 11) is 0. The Kier molecular flexibility index (Phi) is 4.88. The number of halogens is 1. The number of hydrogen-bond acceptors (Lipinski definition) is 0. The zero-order chi connectivity index (χ0) is 14.7. The second-order valence-electron chi connectivity index (χ2n) is 5.45. The summed E-state index contributed by atoms with van der Waals surface area (Å²) in [5.74, 6) is 0. The molecule has 2 rings (SSSR count). The van der Waals surface area contributed by atoms with Crippen LogP contribution in [0.4, 0.5) is 0 Å². The van der Waals surface area contributed by atoms with E-state index in [0.717, 1.165) is 12.8 Å². The number of alkyl halides is 1. The van der Waals surface area contributed by atoms with Crippen LogP contribution in [0.1, 0.15) is 52.6 Å². The minimum atomic E-state index is -0.0595. The molecule has 0 spiro atoms. The zero-order valence-electron chi connectivity index (χ0n) is 12.8. The smallest absolute Gasteiger partial charge is 0.0838 e. The molecule has 1 atom stereocenters. The lowest BCUT2D eigenvalue weighted by Crippen LogP contribution is -2.01. The van der Waals surface area contributed by atoms with Gasteiger partial charge in [0.1, 0.15) is 0 Å². The maximum Gasteiger partial charge on any atom is 0.0838 e. The Labute approximate surface area is 127 Å². The van der Waals surface area contributed by atoms with E-state index in [1.807, 2.05) is 0 Å². The summed E-state index contributed by atoms with van der Waals surface area (Å²) >= 11 is 6.77. The highest BCUT2D eigenvalue weighted by Gasteiger charge is 2.15. The Balaban J connectivity index is 2.45. The molecule has 1 heteroatoms. The summed E-state index contributed by atoms with van der Waals surface area (Å²) in [6, 6.07) is 13.2. The van der Waals surface area contributed by atoms with Crippen LogP contribution in [-0.4, -0.2) is 0 Å². The standard InChI is InChI=1S/C19H23Cl/c1-5-15-8-10-16(6-2)18(12-15)19(20)17-9-7-13(3)14(4)11-17/h7-12,19H,5-6H2,1-4H3. The van der Waals surface area contributed by atoms with Crippen molar-refractivity contribution in [3.05, 3.63) is 69.8 Å². The topological polar surface area (TPSA) is 0 Å². The number of rotatable bonds is 4. The molecular weight excluding hydrogens is 264 g/mol. The summed E-state index contributed by atoms with van der Waals surface area (Å²) in [5.41, 5.74) is 7.77. The lowest BCUT2D eigenvalue weighted by Gasteiger charge is -2.17. The van der Waals surface area contributed by atoms with E-state index >= 15 is 0 Å². The van der Waals surface area contributed by atoms with Gasteiger partial charge in [-0.25, -0.2) is 0 Å². The summed E-state index contributed by atoms with van der Waals surface area (Å²) < 4.78 is 0. The first-order valence-corrected chi connectivity index (χ1v) is 7.83. The van der Waals surface area contributed by atoms with Gasteiger partial charge in [-0.2, -0.15) is 0 Å². The molecule has 1 unspecified atom stereocenters. The summed E-state index contributed by atoms with van der Waals surface area (Å²) in [6.07, 6.45) is 2.07. The molecule has 0 amide bonds. The molecular formula is C19H23Cl. The van der Waals surface area contributed by atoms with E-state index < -0.39 is 0 Å². The maximum absolute atomic E-state index is 6.77. The van der Waals surface area contributed by atoms with Gasteiger partial charge in [0.15, 0.2) is 0 Å². The third kappa shape index (κ3) is 3.07. The van der Waals surface area contributed by atoms with Gasteiger partial charge in [0.05, 0.1) is 5.38 Å². The Hall–Kier alpha value is -1.27. The van der Waals surface area contributed by atoms with Crippen molar-refractivity contribution in [1.82, 2.24) is 0 Å². The molecule has 0 saturated heterocycles. The highest BCUT2D eigenvalue weighted by Crippen LogP contribution is 2.33. The van der Waals surface area contributed by atoms with Crippen LogP contribution in [0.25, 0.3) is 0 Å². The van der Waals surface area contributed by atoms with E-state index in [9.17, 15) is 0 Å². The van der Waals surface area contributed by atoms with Gasteiger partial charge >= 0.3 is 0 Å². The monoisotopic (exact) mass is 286 g/mol. The summed E-state index contributed by atoms with van der Waals surface area (Å²) in [6.45, 7) is 8.65. The van der Waals surface area contributed by atoms with Crippen molar-refractivity contribution in [1.29, 1.82) is 0 Å². The third-order valence-electron chi connectivity index (χ3n) is 4.10. The predicted octanol–water partition coefficient (Wildman–Crippen LogP) is 5.76. The first-order chi connectivity index (χ1) is 9.56. The van der Waals surface area contributed by atoms with Crippen LogP contribution < -0.4 is 0 Å². The molecule has 20 heavy (non-hydrogen) atoms. The predicted molar refractivity (Wildman–Crippen MR) is 88.8 cm³/mol. The van der Waals surface area contributed by atoms with Crippen molar-refractivity contribution < 1.29 is 0 Å². The van der Waals surface area contributed by atoms with Crippen molar-refractivity contribution in [2.45, 2.75) is 45.9 Å². The van der Waals surface area contributed by atoms with Crippen molar-refractivity contribution in [3.8, 4) is 0 Å². The molecule has 0 heterocycles. The zero-order valence-corrected chi connectivity index (χ0v) is 13.6. The molecule has 0 saturated carbocycles. The minimum absolute atomic E-state index is 0.0595.